The number of rotatable bonds is 11. The van der Waals surface area contributed by atoms with Crippen LogP contribution < -0.4 is 9.62 Å². The number of carbonyl (C=O) groups excluding carboxylic acids is 2. The first kappa shape index (κ1) is 30.2. The van der Waals surface area contributed by atoms with Crippen LogP contribution in [0.3, 0.4) is 0 Å². The van der Waals surface area contributed by atoms with E-state index in [1.54, 1.807) is 38.1 Å². The maximum atomic E-state index is 14.0. The molecule has 208 valence electrons. The van der Waals surface area contributed by atoms with Crippen molar-refractivity contribution in [3.8, 4) is 0 Å². The largest absolute Gasteiger partial charge is 0.352 e. The molecule has 0 radical (unpaired) electrons. The van der Waals surface area contributed by atoms with Crippen LogP contribution in [0, 0.1) is 11.6 Å². The third kappa shape index (κ3) is 8.59. The van der Waals surface area contributed by atoms with E-state index in [4.69, 9.17) is 0 Å². The van der Waals surface area contributed by atoms with Crippen LogP contribution in [0.5, 0.6) is 0 Å². The number of hydrogen-bond acceptors (Lipinski definition) is 4. The molecule has 0 aliphatic carbocycles. The minimum absolute atomic E-state index is 0.00447. The van der Waals surface area contributed by atoms with Crippen molar-refractivity contribution >= 4 is 43.5 Å². The van der Waals surface area contributed by atoms with E-state index in [-0.39, 0.29) is 24.7 Å². The summed E-state index contributed by atoms with van der Waals surface area (Å²) in [6, 6.07) is 17.7. The fourth-order valence-electron chi connectivity index (χ4n) is 3.98. The van der Waals surface area contributed by atoms with Gasteiger partial charge in [0.25, 0.3) is 0 Å². The number of benzene rings is 3. The average molecular weight is 623 g/mol. The van der Waals surface area contributed by atoms with Crippen molar-refractivity contribution < 1.29 is 26.8 Å². The van der Waals surface area contributed by atoms with Gasteiger partial charge in [-0.15, -0.1) is 0 Å². The first-order chi connectivity index (χ1) is 18.3. The van der Waals surface area contributed by atoms with Crippen molar-refractivity contribution in [2.45, 2.75) is 38.9 Å². The van der Waals surface area contributed by atoms with Gasteiger partial charge in [0, 0.05) is 29.5 Å². The molecule has 7 nitrogen and oxygen atoms in total. The van der Waals surface area contributed by atoms with Gasteiger partial charge in [-0.05, 0) is 49.2 Å². The molecule has 3 rings (SSSR count). The Kier molecular flexibility index (Phi) is 10.2. The lowest BCUT2D eigenvalue weighted by atomic mass is 10.0. The zero-order valence-electron chi connectivity index (χ0n) is 21.8. The summed E-state index contributed by atoms with van der Waals surface area (Å²) in [5.41, 5.74) is 1.30. The van der Waals surface area contributed by atoms with Crippen LogP contribution in [0.2, 0.25) is 0 Å². The summed E-state index contributed by atoms with van der Waals surface area (Å²) in [6.45, 7) is 2.88. The molecule has 0 spiro atoms. The van der Waals surface area contributed by atoms with E-state index in [0.29, 0.717) is 9.87 Å². The van der Waals surface area contributed by atoms with Gasteiger partial charge >= 0.3 is 0 Å². The average Bonchev–Trinajstić information content (AvgIpc) is 2.87. The molecule has 0 saturated heterocycles. The van der Waals surface area contributed by atoms with E-state index in [2.05, 4.69) is 21.2 Å². The number of nitrogens with zero attached hydrogens (tertiary/aromatic N) is 2. The highest BCUT2D eigenvalue weighted by molar-refractivity contribution is 9.10. The zero-order valence-corrected chi connectivity index (χ0v) is 24.2. The van der Waals surface area contributed by atoms with Gasteiger partial charge in [0.05, 0.1) is 11.9 Å². The predicted molar refractivity (Wildman–Crippen MR) is 150 cm³/mol. The van der Waals surface area contributed by atoms with Gasteiger partial charge in [0.15, 0.2) is 11.6 Å². The van der Waals surface area contributed by atoms with Crippen molar-refractivity contribution in [2.24, 2.45) is 0 Å². The van der Waals surface area contributed by atoms with Gasteiger partial charge in [-0.2, -0.15) is 0 Å². The molecule has 1 atom stereocenters. The summed E-state index contributed by atoms with van der Waals surface area (Å²) in [7, 11) is -4.09. The Morgan fingerprint density at radius 3 is 2.13 bits per heavy atom. The minimum Gasteiger partial charge on any atom is -0.352 e. The van der Waals surface area contributed by atoms with Crippen molar-refractivity contribution in [3.05, 3.63) is 100 Å². The summed E-state index contributed by atoms with van der Waals surface area (Å²) in [5.74, 6) is -3.49. The standard InChI is InChI=1S/C28H30BrF2N3O4S/c1-19(2)32-28(36)26(15-20-7-5-4-6-8-20)33(17-21-9-11-22(29)12-10-21)27(35)18-34(39(3,37)38)23-13-14-24(30)25(31)16-23/h4-14,16,19,26H,15,17-18H2,1-3H3,(H,32,36). The topological polar surface area (TPSA) is 86.8 Å². The monoisotopic (exact) mass is 621 g/mol. The van der Waals surface area contributed by atoms with Crippen LogP contribution in [-0.4, -0.2) is 50.0 Å². The van der Waals surface area contributed by atoms with E-state index in [1.165, 1.54) is 4.90 Å². The van der Waals surface area contributed by atoms with Crippen LogP contribution in [0.25, 0.3) is 0 Å². The number of nitrogens with one attached hydrogen (secondary N) is 1. The molecule has 3 aromatic rings. The fourth-order valence-corrected chi connectivity index (χ4v) is 5.08. The second kappa shape index (κ2) is 13.2. The van der Waals surface area contributed by atoms with Crippen LogP contribution in [0.4, 0.5) is 14.5 Å². The molecule has 0 aromatic heterocycles. The lowest BCUT2D eigenvalue weighted by Crippen LogP contribution is -2.54. The number of sulfonamides is 1. The Morgan fingerprint density at radius 1 is 0.923 bits per heavy atom. The van der Waals surface area contributed by atoms with Crippen molar-refractivity contribution in [1.29, 1.82) is 0 Å². The molecule has 0 heterocycles. The Morgan fingerprint density at radius 2 is 1.56 bits per heavy atom. The molecule has 0 saturated carbocycles. The molecular formula is C28H30BrF2N3O4S. The summed E-state index contributed by atoms with van der Waals surface area (Å²) in [6.07, 6.45) is 1.04. The molecule has 39 heavy (non-hydrogen) atoms. The quantitative estimate of drug-likeness (QED) is 0.337. The summed E-state index contributed by atoms with van der Waals surface area (Å²) < 4.78 is 54.4. The van der Waals surface area contributed by atoms with Crippen molar-refractivity contribution in [2.75, 3.05) is 17.1 Å². The first-order valence-electron chi connectivity index (χ1n) is 12.2. The maximum Gasteiger partial charge on any atom is 0.244 e. The molecule has 0 bridgehead atoms. The molecule has 0 aliphatic heterocycles. The Hall–Kier alpha value is -3.31. The van der Waals surface area contributed by atoms with Crippen LogP contribution in [-0.2, 0) is 32.6 Å². The number of anilines is 1. The van der Waals surface area contributed by atoms with Crippen molar-refractivity contribution in [1.82, 2.24) is 10.2 Å². The van der Waals surface area contributed by atoms with E-state index < -0.39 is 46.1 Å². The summed E-state index contributed by atoms with van der Waals surface area (Å²) in [5, 5.41) is 2.86. The highest BCUT2D eigenvalue weighted by Gasteiger charge is 2.33. The molecular weight excluding hydrogens is 592 g/mol. The van der Waals surface area contributed by atoms with Gasteiger partial charge in [-0.25, -0.2) is 17.2 Å². The molecule has 1 N–H and O–H groups in total. The zero-order chi connectivity index (χ0) is 28.7. The summed E-state index contributed by atoms with van der Waals surface area (Å²) >= 11 is 3.38. The van der Waals surface area contributed by atoms with Gasteiger partial charge in [0.1, 0.15) is 12.6 Å². The predicted octanol–water partition coefficient (Wildman–Crippen LogP) is 4.66. The second-order valence-corrected chi connectivity index (χ2v) is 12.2. The molecule has 11 heteroatoms. The number of halogens is 3. The molecule has 1 unspecified atom stereocenters. The third-order valence-electron chi connectivity index (χ3n) is 5.84. The van der Waals surface area contributed by atoms with Crippen LogP contribution in [0.1, 0.15) is 25.0 Å². The smallest absolute Gasteiger partial charge is 0.244 e. The lowest BCUT2D eigenvalue weighted by molar-refractivity contribution is -0.140. The van der Waals surface area contributed by atoms with Crippen LogP contribution >= 0.6 is 15.9 Å². The highest BCUT2D eigenvalue weighted by Crippen LogP contribution is 2.23. The lowest BCUT2D eigenvalue weighted by Gasteiger charge is -2.34. The SMILES string of the molecule is CC(C)NC(=O)C(Cc1ccccc1)N(Cc1ccc(Br)cc1)C(=O)CN(c1ccc(F)c(F)c1)S(C)(=O)=O. The van der Waals surface area contributed by atoms with Gasteiger partial charge in [-0.1, -0.05) is 58.4 Å². The summed E-state index contributed by atoms with van der Waals surface area (Å²) in [4.78, 5) is 28.7. The Balaban J connectivity index is 2.06. The van der Waals surface area contributed by atoms with Gasteiger partial charge in [0.2, 0.25) is 21.8 Å². The van der Waals surface area contributed by atoms with E-state index in [9.17, 15) is 26.8 Å². The third-order valence-corrected chi connectivity index (χ3v) is 7.51. The van der Waals surface area contributed by atoms with Crippen LogP contribution in [0.15, 0.2) is 77.3 Å². The molecule has 2 amide bonds. The van der Waals surface area contributed by atoms with Gasteiger partial charge in [-0.3, -0.25) is 13.9 Å². The highest BCUT2D eigenvalue weighted by atomic mass is 79.9. The normalized spacial score (nSPS) is 12.2. The maximum absolute atomic E-state index is 14.0. The first-order valence-corrected chi connectivity index (χ1v) is 14.8. The molecule has 3 aromatic carbocycles. The van der Waals surface area contributed by atoms with E-state index >= 15 is 0 Å². The Bertz CT molecular complexity index is 1400. The molecule has 0 fully saturated rings. The number of hydrogen-bond donors (Lipinski definition) is 1. The van der Waals surface area contributed by atoms with E-state index in [0.717, 1.165) is 34.5 Å². The Labute approximate surface area is 236 Å². The minimum atomic E-state index is -4.09. The van der Waals surface area contributed by atoms with Crippen molar-refractivity contribution in [3.63, 3.8) is 0 Å². The van der Waals surface area contributed by atoms with Gasteiger partial charge < -0.3 is 10.2 Å². The fraction of sp³-hybridized carbons (Fsp3) is 0.286. The second-order valence-electron chi connectivity index (χ2n) is 9.38. The molecule has 0 aliphatic rings. The van der Waals surface area contributed by atoms with E-state index in [1.807, 2.05) is 30.3 Å². The number of amides is 2. The number of carbonyl (C=O) groups is 2.